The zero-order valence-electron chi connectivity index (χ0n) is 15.2. The molecule has 3 rings (SSSR count). The number of aromatic nitrogens is 4. The van der Waals surface area contributed by atoms with Crippen molar-refractivity contribution in [1.82, 2.24) is 24.4 Å². The van der Waals surface area contributed by atoms with Crippen LogP contribution in [0.15, 0.2) is 9.59 Å². The molecule has 2 aromatic heterocycles. The van der Waals surface area contributed by atoms with Crippen LogP contribution in [0.4, 0.5) is 5.95 Å². The quantitative estimate of drug-likeness (QED) is 0.525. The van der Waals surface area contributed by atoms with Gasteiger partial charge in [0.15, 0.2) is 11.2 Å². The van der Waals surface area contributed by atoms with E-state index in [9.17, 15) is 9.59 Å². The molecule has 1 saturated heterocycles. The number of rotatable bonds is 6. The Morgan fingerprint density at radius 1 is 1.23 bits per heavy atom. The van der Waals surface area contributed by atoms with Gasteiger partial charge in [-0.1, -0.05) is 5.92 Å². The first-order valence-corrected chi connectivity index (χ1v) is 8.83. The van der Waals surface area contributed by atoms with Gasteiger partial charge in [-0.3, -0.25) is 18.9 Å². The van der Waals surface area contributed by atoms with Gasteiger partial charge in [0, 0.05) is 32.8 Å². The lowest BCUT2D eigenvalue weighted by atomic mass is 10.4. The second-order valence-electron chi connectivity index (χ2n) is 5.94. The molecule has 0 saturated carbocycles. The molecule has 0 spiro atoms. The first-order valence-electron chi connectivity index (χ1n) is 8.83. The molecule has 0 atom stereocenters. The van der Waals surface area contributed by atoms with Crippen LogP contribution in [0, 0.1) is 11.8 Å². The number of nitrogens with zero attached hydrogens (tertiary/aromatic N) is 4. The van der Waals surface area contributed by atoms with Crippen LogP contribution in [-0.4, -0.2) is 58.5 Å². The van der Waals surface area contributed by atoms with Crippen molar-refractivity contribution >= 4 is 17.1 Å². The van der Waals surface area contributed by atoms with E-state index < -0.39 is 5.69 Å². The molecular weight excluding hydrogens is 336 g/mol. The number of ether oxygens (including phenoxy) is 1. The summed E-state index contributed by atoms with van der Waals surface area (Å²) in [6, 6.07) is 0. The molecule has 1 fully saturated rings. The maximum Gasteiger partial charge on any atom is 0.330 e. The largest absolute Gasteiger partial charge is 0.380 e. The topological polar surface area (TPSA) is 97.2 Å². The Balaban J connectivity index is 2.13. The lowest BCUT2D eigenvalue weighted by Gasteiger charge is -2.28. The zero-order valence-corrected chi connectivity index (χ0v) is 15.2. The molecule has 9 nitrogen and oxygen atoms in total. The van der Waals surface area contributed by atoms with E-state index in [1.807, 2.05) is 6.92 Å². The summed E-state index contributed by atoms with van der Waals surface area (Å²) in [5.41, 5.74) is -0.160. The van der Waals surface area contributed by atoms with Crippen molar-refractivity contribution in [1.29, 1.82) is 0 Å². The molecule has 0 amide bonds. The summed E-state index contributed by atoms with van der Waals surface area (Å²) >= 11 is 0. The molecule has 1 aliphatic heterocycles. The van der Waals surface area contributed by atoms with Crippen LogP contribution in [0.5, 0.6) is 0 Å². The summed E-state index contributed by atoms with van der Waals surface area (Å²) in [6.45, 7) is 8.27. The minimum Gasteiger partial charge on any atom is -0.380 e. The van der Waals surface area contributed by atoms with Gasteiger partial charge in [-0.15, -0.1) is 5.92 Å². The Labute approximate surface area is 151 Å². The summed E-state index contributed by atoms with van der Waals surface area (Å²) in [7, 11) is 0. The smallest absolute Gasteiger partial charge is 0.330 e. The standard InChI is InChI=1S/C17H24N6O3/c1-3-5-8-22-13-14(19-16(22)21-9-6-18-7-10-21)20-17(25)23(15(13)24)11-12-26-4-2/h18H,4,6-12H2,1-2H3,(H,20,25). The summed E-state index contributed by atoms with van der Waals surface area (Å²) in [5.74, 6) is 6.53. The summed E-state index contributed by atoms with van der Waals surface area (Å²) in [6.07, 6.45) is 0. The molecule has 0 aliphatic carbocycles. The Morgan fingerprint density at radius 2 is 2.00 bits per heavy atom. The second-order valence-corrected chi connectivity index (χ2v) is 5.94. The van der Waals surface area contributed by atoms with E-state index in [2.05, 4.69) is 32.0 Å². The first kappa shape index (κ1) is 18.2. The SMILES string of the molecule is CC#CCn1c(N2CCNCC2)nc2[nH]c(=O)n(CCOCC)c(=O)c21. The van der Waals surface area contributed by atoms with Gasteiger partial charge < -0.3 is 15.0 Å². The van der Waals surface area contributed by atoms with E-state index in [0.29, 0.717) is 36.9 Å². The van der Waals surface area contributed by atoms with Crippen LogP contribution in [0.1, 0.15) is 13.8 Å². The number of H-pyrrole nitrogens is 1. The molecule has 9 heteroatoms. The number of imidazole rings is 1. The van der Waals surface area contributed by atoms with Crippen LogP contribution in [-0.2, 0) is 17.8 Å². The molecule has 140 valence electrons. The number of aromatic amines is 1. The van der Waals surface area contributed by atoms with Gasteiger partial charge in [-0.25, -0.2) is 4.79 Å². The van der Waals surface area contributed by atoms with Crippen LogP contribution < -0.4 is 21.5 Å². The molecule has 2 N–H and O–H groups in total. The Kier molecular flexibility index (Phi) is 5.75. The van der Waals surface area contributed by atoms with E-state index in [1.165, 1.54) is 0 Å². The summed E-state index contributed by atoms with van der Waals surface area (Å²) in [4.78, 5) is 34.7. The van der Waals surface area contributed by atoms with Gasteiger partial charge in [0.25, 0.3) is 5.56 Å². The maximum absolute atomic E-state index is 13.0. The molecule has 0 unspecified atom stereocenters. The molecule has 1 aliphatic rings. The Hall–Kier alpha value is -2.57. The number of fused-ring (bicyclic) bond motifs is 1. The Morgan fingerprint density at radius 3 is 2.69 bits per heavy atom. The van der Waals surface area contributed by atoms with Crippen molar-refractivity contribution in [3.63, 3.8) is 0 Å². The van der Waals surface area contributed by atoms with Crippen molar-refractivity contribution in [2.45, 2.75) is 26.9 Å². The average Bonchev–Trinajstić information content (AvgIpc) is 3.01. The number of anilines is 1. The third-order valence-electron chi connectivity index (χ3n) is 4.34. The van der Waals surface area contributed by atoms with Gasteiger partial charge in [-0.05, 0) is 13.8 Å². The van der Waals surface area contributed by atoms with E-state index in [4.69, 9.17) is 4.74 Å². The fourth-order valence-corrected chi connectivity index (χ4v) is 3.05. The molecule has 0 aromatic carbocycles. The first-order chi connectivity index (χ1) is 12.7. The van der Waals surface area contributed by atoms with Crippen molar-refractivity contribution in [2.75, 3.05) is 44.3 Å². The second kappa shape index (κ2) is 8.21. The predicted molar refractivity (Wildman–Crippen MR) is 99.6 cm³/mol. The number of hydrogen-bond donors (Lipinski definition) is 2. The van der Waals surface area contributed by atoms with Crippen LogP contribution >= 0.6 is 0 Å². The Bertz CT molecular complexity index is 940. The van der Waals surface area contributed by atoms with Crippen molar-refractivity contribution < 1.29 is 4.74 Å². The zero-order chi connectivity index (χ0) is 18.5. The molecule has 0 bridgehead atoms. The molecular formula is C17H24N6O3. The molecule has 2 aromatic rings. The van der Waals surface area contributed by atoms with E-state index in [1.54, 1.807) is 11.5 Å². The van der Waals surface area contributed by atoms with Gasteiger partial charge in [0.2, 0.25) is 5.95 Å². The highest BCUT2D eigenvalue weighted by atomic mass is 16.5. The normalized spacial score (nSPS) is 14.5. The van der Waals surface area contributed by atoms with Crippen LogP contribution in [0.2, 0.25) is 0 Å². The highest BCUT2D eigenvalue weighted by Crippen LogP contribution is 2.18. The van der Waals surface area contributed by atoms with Gasteiger partial charge in [-0.2, -0.15) is 4.98 Å². The highest BCUT2D eigenvalue weighted by molar-refractivity contribution is 5.74. The lowest BCUT2D eigenvalue weighted by Crippen LogP contribution is -2.44. The van der Waals surface area contributed by atoms with Crippen LogP contribution in [0.25, 0.3) is 11.2 Å². The fourth-order valence-electron chi connectivity index (χ4n) is 3.05. The van der Waals surface area contributed by atoms with Gasteiger partial charge in [0.05, 0.1) is 19.7 Å². The number of piperazine rings is 1. The lowest BCUT2D eigenvalue weighted by molar-refractivity contribution is 0.137. The molecule has 26 heavy (non-hydrogen) atoms. The third-order valence-corrected chi connectivity index (χ3v) is 4.34. The fraction of sp³-hybridized carbons (Fsp3) is 0.588. The van der Waals surface area contributed by atoms with Crippen molar-refractivity contribution in [3.8, 4) is 11.8 Å². The summed E-state index contributed by atoms with van der Waals surface area (Å²) in [5, 5.41) is 3.29. The van der Waals surface area contributed by atoms with Gasteiger partial charge >= 0.3 is 5.69 Å². The number of nitrogens with one attached hydrogen (secondary N) is 2. The summed E-state index contributed by atoms with van der Waals surface area (Å²) < 4.78 is 8.24. The predicted octanol–water partition coefficient (Wildman–Crippen LogP) is -0.644. The van der Waals surface area contributed by atoms with E-state index >= 15 is 0 Å². The third kappa shape index (κ3) is 3.52. The van der Waals surface area contributed by atoms with Crippen LogP contribution in [0.3, 0.4) is 0 Å². The maximum atomic E-state index is 13.0. The van der Waals surface area contributed by atoms with Crippen molar-refractivity contribution in [3.05, 3.63) is 20.8 Å². The monoisotopic (exact) mass is 360 g/mol. The molecule has 3 heterocycles. The van der Waals surface area contributed by atoms with E-state index in [-0.39, 0.29) is 12.1 Å². The minimum absolute atomic E-state index is 0.200. The highest BCUT2D eigenvalue weighted by Gasteiger charge is 2.22. The average molecular weight is 360 g/mol. The van der Waals surface area contributed by atoms with Gasteiger partial charge in [0.1, 0.15) is 0 Å². The minimum atomic E-state index is -0.472. The van der Waals surface area contributed by atoms with E-state index in [0.717, 1.165) is 30.7 Å². The number of hydrogen-bond acceptors (Lipinski definition) is 6. The van der Waals surface area contributed by atoms with Crippen molar-refractivity contribution in [2.24, 2.45) is 0 Å². The molecule has 0 radical (unpaired) electrons.